The third kappa shape index (κ3) is 3.34. The van der Waals surface area contributed by atoms with Crippen LogP contribution in [0.1, 0.15) is 5.56 Å². The van der Waals surface area contributed by atoms with Gasteiger partial charge in [0.2, 0.25) is 10.0 Å². The molecule has 0 atom stereocenters. The summed E-state index contributed by atoms with van der Waals surface area (Å²) in [5, 5.41) is 1.01. The van der Waals surface area contributed by atoms with Gasteiger partial charge < -0.3 is 4.90 Å². The Morgan fingerprint density at radius 3 is 2.57 bits per heavy atom. The van der Waals surface area contributed by atoms with Crippen LogP contribution in [0.25, 0.3) is 10.9 Å². The van der Waals surface area contributed by atoms with Crippen LogP contribution in [0.15, 0.2) is 43.1 Å². The molecule has 0 aliphatic carbocycles. The molecular weight excluding hydrogens is 310 g/mol. The van der Waals surface area contributed by atoms with E-state index in [1.165, 1.54) is 10.0 Å². The van der Waals surface area contributed by atoms with E-state index >= 15 is 0 Å². The summed E-state index contributed by atoms with van der Waals surface area (Å²) in [4.78, 5) is 4.69. The van der Waals surface area contributed by atoms with Crippen molar-refractivity contribution in [3.8, 4) is 0 Å². The van der Waals surface area contributed by atoms with E-state index in [0.717, 1.165) is 49.2 Å². The van der Waals surface area contributed by atoms with Crippen LogP contribution in [0.2, 0.25) is 0 Å². The van der Waals surface area contributed by atoms with Crippen LogP contribution in [0.5, 0.6) is 0 Å². The lowest BCUT2D eigenvalue weighted by molar-refractivity contribution is 0.148. The van der Waals surface area contributed by atoms with Gasteiger partial charge in [-0.3, -0.25) is 4.90 Å². The molecule has 1 fully saturated rings. The second kappa shape index (κ2) is 6.47. The van der Waals surface area contributed by atoms with Gasteiger partial charge >= 0.3 is 0 Å². The van der Waals surface area contributed by atoms with Gasteiger partial charge in [0.05, 0.1) is 11.3 Å². The van der Waals surface area contributed by atoms with E-state index in [4.69, 9.17) is 0 Å². The van der Waals surface area contributed by atoms with Crippen molar-refractivity contribution < 1.29 is 8.42 Å². The van der Waals surface area contributed by atoms with Crippen molar-refractivity contribution >= 4 is 20.9 Å². The van der Waals surface area contributed by atoms with Crippen molar-refractivity contribution in [1.29, 1.82) is 0 Å². The van der Waals surface area contributed by atoms with Crippen molar-refractivity contribution in [2.75, 3.05) is 39.0 Å². The summed E-state index contributed by atoms with van der Waals surface area (Å²) in [6.45, 7) is 8.45. The van der Waals surface area contributed by atoms with Crippen molar-refractivity contribution in [3.05, 3.63) is 48.7 Å². The SMILES string of the molecule is C=CCS(=O)(=O)n1cc(CN2CCN(C)CC2)c2ccccc21. The van der Waals surface area contributed by atoms with Crippen LogP contribution in [-0.2, 0) is 16.6 Å². The van der Waals surface area contributed by atoms with E-state index in [2.05, 4.69) is 23.4 Å². The molecular formula is C17H23N3O2S. The zero-order valence-corrected chi connectivity index (χ0v) is 14.3. The average Bonchev–Trinajstić information content (AvgIpc) is 2.89. The Balaban J connectivity index is 1.96. The first-order valence-electron chi connectivity index (χ1n) is 7.85. The second-order valence-corrected chi connectivity index (χ2v) is 8.00. The van der Waals surface area contributed by atoms with E-state index < -0.39 is 10.0 Å². The first-order chi connectivity index (χ1) is 11.0. The number of likely N-dealkylation sites (N-methyl/N-ethyl adjacent to an activating group) is 1. The molecule has 0 spiro atoms. The maximum Gasteiger partial charge on any atom is 0.242 e. The zero-order valence-electron chi connectivity index (χ0n) is 13.5. The molecule has 1 aromatic heterocycles. The quantitative estimate of drug-likeness (QED) is 0.782. The van der Waals surface area contributed by atoms with Crippen LogP contribution in [0.4, 0.5) is 0 Å². The Morgan fingerprint density at radius 2 is 1.87 bits per heavy atom. The lowest BCUT2D eigenvalue weighted by Crippen LogP contribution is -2.43. The number of aromatic nitrogens is 1. The van der Waals surface area contributed by atoms with Crippen molar-refractivity contribution in [2.45, 2.75) is 6.54 Å². The van der Waals surface area contributed by atoms with Gasteiger partial charge in [-0.05, 0) is 18.7 Å². The molecule has 1 aliphatic heterocycles. The summed E-state index contributed by atoms with van der Waals surface area (Å²) in [7, 11) is -1.26. The van der Waals surface area contributed by atoms with Gasteiger partial charge in [0.15, 0.2) is 0 Å². The van der Waals surface area contributed by atoms with E-state index in [1.807, 2.05) is 24.3 Å². The molecule has 124 valence electrons. The fourth-order valence-electron chi connectivity index (χ4n) is 3.05. The Morgan fingerprint density at radius 1 is 1.17 bits per heavy atom. The number of hydrogen-bond acceptors (Lipinski definition) is 4. The van der Waals surface area contributed by atoms with Crippen LogP contribution >= 0.6 is 0 Å². The minimum absolute atomic E-state index is 0.0559. The van der Waals surface area contributed by atoms with E-state index in [9.17, 15) is 8.42 Å². The summed E-state index contributed by atoms with van der Waals surface area (Å²) >= 11 is 0. The molecule has 1 aliphatic rings. The summed E-state index contributed by atoms with van der Waals surface area (Å²) in [5.41, 5.74) is 1.82. The fraction of sp³-hybridized carbons (Fsp3) is 0.412. The van der Waals surface area contributed by atoms with Gasteiger partial charge in [-0.15, -0.1) is 6.58 Å². The maximum absolute atomic E-state index is 12.5. The number of para-hydroxylation sites is 1. The molecule has 0 radical (unpaired) electrons. The summed E-state index contributed by atoms with van der Waals surface area (Å²) < 4.78 is 26.3. The topological polar surface area (TPSA) is 45.6 Å². The second-order valence-electron chi connectivity index (χ2n) is 6.11. The molecule has 2 heterocycles. The Bertz CT molecular complexity index is 802. The molecule has 0 bridgehead atoms. The lowest BCUT2D eigenvalue weighted by Gasteiger charge is -2.32. The highest BCUT2D eigenvalue weighted by Gasteiger charge is 2.20. The minimum Gasteiger partial charge on any atom is -0.304 e. The zero-order chi connectivity index (χ0) is 16.4. The molecule has 1 saturated heterocycles. The first-order valence-corrected chi connectivity index (χ1v) is 9.46. The highest BCUT2D eigenvalue weighted by atomic mass is 32.2. The first kappa shape index (κ1) is 16.2. The average molecular weight is 333 g/mol. The van der Waals surface area contributed by atoms with Crippen LogP contribution in [0, 0.1) is 0 Å². The summed E-state index contributed by atoms with van der Waals surface area (Å²) in [6, 6.07) is 7.70. The van der Waals surface area contributed by atoms with Gasteiger partial charge in [-0.25, -0.2) is 12.4 Å². The highest BCUT2D eigenvalue weighted by molar-refractivity contribution is 7.90. The largest absolute Gasteiger partial charge is 0.304 e. The van der Waals surface area contributed by atoms with Gasteiger partial charge in [0.1, 0.15) is 0 Å². The number of hydrogen-bond donors (Lipinski definition) is 0. The molecule has 0 N–H and O–H groups in total. The van der Waals surface area contributed by atoms with E-state index in [0.29, 0.717) is 0 Å². The molecule has 2 aromatic rings. The Hall–Kier alpha value is -1.63. The third-order valence-corrected chi connectivity index (χ3v) is 5.94. The predicted octanol–water partition coefficient (Wildman–Crippen LogP) is 1.75. The van der Waals surface area contributed by atoms with Gasteiger partial charge in [-0.2, -0.15) is 0 Å². The molecule has 0 saturated carbocycles. The summed E-state index contributed by atoms with van der Waals surface area (Å²) in [6.07, 6.45) is 3.21. The number of fused-ring (bicyclic) bond motifs is 1. The third-order valence-electron chi connectivity index (χ3n) is 4.38. The van der Waals surface area contributed by atoms with E-state index in [1.54, 1.807) is 6.20 Å². The Labute approximate surface area is 137 Å². The molecule has 6 heteroatoms. The van der Waals surface area contributed by atoms with E-state index in [-0.39, 0.29) is 5.75 Å². The van der Waals surface area contributed by atoms with Crippen LogP contribution in [0.3, 0.4) is 0 Å². The van der Waals surface area contributed by atoms with Gasteiger partial charge in [0.25, 0.3) is 0 Å². The molecule has 23 heavy (non-hydrogen) atoms. The summed E-state index contributed by atoms with van der Waals surface area (Å²) in [5.74, 6) is -0.0559. The van der Waals surface area contributed by atoms with Crippen molar-refractivity contribution in [3.63, 3.8) is 0 Å². The van der Waals surface area contributed by atoms with Crippen molar-refractivity contribution in [2.24, 2.45) is 0 Å². The molecule has 0 amide bonds. The number of rotatable bonds is 5. The Kier molecular flexibility index (Phi) is 4.57. The molecule has 3 rings (SSSR count). The monoisotopic (exact) mass is 333 g/mol. The van der Waals surface area contributed by atoms with Crippen LogP contribution in [-0.4, -0.2) is 61.2 Å². The van der Waals surface area contributed by atoms with Gasteiger partial charge in [-0.1, -0.05) is 24.3 Å². The molecule has 5 nitrogen and oxygen atoms in total. The van der Waals surface area contributed by atoms with Gasteiger partial charge in [0, 0.05) is 44.3 Å². The minimum atomic E-state index is -3.39. The lowest BCUT2D eigenvalue weighted by atomic mass is 10.1. The standard InChI is InChI=1S/C17H23N3O2S/c1-3-12-23(21,22)20-14-15(16-6-4-5-7-17(16)20)13-19-10-8-18(2)9-11-19/h3-7,14H,1,8-13H2,2H3. The predicted molar refractivity (Wildman–Crippen MR) is 94.1 cm³/mol. The fourth-order valence-corrected chi connectivity index (χ4v) is 4.26. The maximum atomic E-state index is 12.5. The molecule has 0 unspecified atom stereocenters. The van der Waals surface area contributed by atoms with Crippen LogP contribution < -0.4 is 0 Å². The van der Waals surface area contributed by atoms with Crippen molar-refractivity contribution in [1.82, 2.24) is 13.8 Å². The number of benzene rings is 1. The number of nitrogens with zero attached hydrogens (tertiary/aromatic N) is 3. The smallest absolute Gasteiger partial charge is 0.242 e. The highest BCUT2D eigenvalue weighted by Crippen LogP contribution is 2.24. The molecule has 1 aromatic carbocycles. The number of piperazine rings is 1. The normalized spacial score (nSPS) is 17.6.